The van der Waals surface area contributed by atoms with Gasteiger partial charge in [0.2, 0.25) is 5.91 Å². The number of aryl methyl sites for hydroxylation is 1. The van der Waals surface area contributed by atoms with Crippen LogP contribution in [-0.4, -0.2) is 15.5 Å². The zero-order valence-electron chi connectivity index (χ0n) is 11.5. The molecule has 0 fully saturated rings. The van der Waals surface area contributed by atoms with Crippen LogP contribution in [0.25, 0.3) is 10.2 Å². The molecule has 0 atom stereocenters. The molecule has 0 aliphatic heterocycles. The van der Waals surface area contributed by atoms with Crippen LogP contribution < -0.4 is 10.9 Å². The molecule has 1 N–H and O–H groups in total. The summed E-state index contributed by atoms with van der Waals surface area (Å²) < 4.78 is 1.45. The van der Waals surface area contributed by atoms with E-state index in [1.54, 1.807) is 30.3 Å². The number of nitrogens with one attached hydrogen (secondary N) is 1. The van der Waals surface area contributed by atoms with Gasteiger partial charge in [0, 0.05) is 23.7 Å². The maximum absolute atomic E-state index is 12.2. The molecule has 5 nitrogen and oxygen atoms in total. The third kappa shape index (κ3) is 3.18. The molecular weight excluding hydrogens is 322 g/mol. The van der Waals surface area contributed by atoms with E-state index in [0.29, 0.717) is 20.9 Å². The Labute approximate surface area is 135 Å². The quantitative estimate of drug-likeness (QED) is 0.797. The molecule has 1 aromatic carbocycles. The highest BCUT2D eigenvalue weighted by Crippen LogP contribution is 2.15. The molecule has 0 saturated heterocycles. The van der Waals surface area contributed by atoms with Crippen molar-refractivity contribution in [3.05, 3.63) is 57.4 Å². The number of nitrogens with zero attached hydrogens (tertiary/aromatic N) is 2. The maximum Gasteiger partial charge on any atom is 0.262 e. The SMILES string of the molecule is O=C(CCn1cnc2sccc2c1=O)Nc1cccc(Cl)c1. The Balaban J connectivity index is 1.67. The standard InChI is InChI=1S/C15H12ClN3O2S/c16-10-2-1-3-11(8-10)18-13(20)4-6-19-9-17-14-12(15(19)21)5-7-22-14/h1-3,5,7-9H,4,6H2,(H,18,20). The first-order valence-electron chi connectivity index (χ1n) is 6.61. The number of rotatable bonds is 4. The molecule has 2 heterocycles. The zero-order valence-corrected chi connectivity index (χ0v) is 13.0. The Bertz CT molecular complexity index is 888. The summed E-state index contributed by atoms with van der Waals surface area (Å²) in [4.78, 5) is 29.0. The number of hydrogen-bond donors (Lipinski definition) is 1. The van der Waals surface area contributed by atoms with Crippen molar-refractivity contribution in [1.82, 2.24) is 9.55 Å². The van der Waals surface area contributed by atoms with Crippen LogP contribution in [0.3, 0.4) is 0 Å². The highest BCUT2D eigenvalue weighted by Gasteiger charge is 2.07. The van der Waals surface area contributed by atoms with Crippen LogP contribution in [-0.2, 0) is 11.3 Å². The van der Waals surface area contributed by atoms with Gasteiger partial charge in [0.1, 0.15) is 4.83 Å². The largest absolute Gasteiger partial charge is 0.326 e. The number of anilines is 1. The lowest BCUT2D eigenvalue weighted by Crippen LogP contribution is -2.23. The fourth-order valence-corrected chi connectivity index (χ4v) is 2.98. The van der Waals surface area contributed by atoms with E-state index in [1.807, 2.05) is 5.38 Å². The fraction of sp³-hybridized carbons (Fsp3) is 0.133. The van der Waals surface area contributed by atoms with E-state index < -0.39 is 0 Å². The Morgan fingerprint density at radius 1 is 1.36 bits per heavy atom. The normalized spacial score (nSPS) is 10.8. The van der Waals surface area contributed by atoms with Crippen molar-refractivity contribution in [2.75, 3.05) is 5.32 Å². The third-order valence-electron chi connectivity index (χ3n) is 3.14. The summed E-state index contributed by atoms with van der Waals surface area (Å²) in [6.45, 7) is 0.282. The average Bonchev–Trinajstić information content (AvgIpc) is 2.96. The first-order chi connectivity index (χ1) is 10.6. The summed E-state index contributed by atoms with van der Waals surface area (Å²) in [6, 6.07) is 8.67. The number of benzene rings is 1. The van der Waals surface area contributed by atoms with Gasteiger partial charge < -0.3 is 5.32 Å². The third-order valence-corrected chi connectivity index (χ3v) is 4.19. The van der Waals surface area contributed by atoms with Gasteiger partial charge in [-0.2, -0.15) is 0 Å². The number of fused-ring (bicyclic) bond motifs is 1. The van der Waals surface area contributed by atoms with Crippen LogP contribution >= 0.6 is 22.9 Å². The molecular formula is C15H12ClN3O2S. The zero-order chi connectivity index (χ0) is 15.5. The Morgan fingerprint density at radius 2 is 2.23 bits per heavy atom. The van der Waals surface area contributed by atoms with E-state index >= 15 is 0 Å². The van der Waals surface area contributed by atoms with Crippen molar-refractivity contribution in [2.24, 2.45) is 0 Å². The number of carbonyl (C=O) groups is 1. The van der Waals surface area contributed by atoms with Crippen LogP contribution in [0, 0.1) is 0 Å². The summed E-state index contributed by atoms with van der Waals surface area (Å²) in [7, 11) is 0. The van der Waals surface area contributed by atoms with E-state index in [0.717, 1.165) is 0 Å². The van der Waals surface area contributed by atoms with E-state index in [2.05, 4.69) is 10.3 Å². The van der Waals surface area contributed by atoms with Crippen molar-refractivity contribution in [2.45, 2.75) is 13.0 Å². The van der Waals surface area contributed by atoms with Gasteiger partial charge in [-0.25, -0.2) is 4.98 Å². The van der Waals surface area contributed by atoms with Crippen molar-refractivity contribution >= 4 is 44.7 Å². The summed E-state index contributed by atoms with van der Waals surface area (Å²) in [5.41, 5.74) is 0.512. The van der Waals surface area contributed by atoms with Crippen molar-refractivity contribution < 1.29 is 4.79 Å². The van der Waals surface area contributed by atoms with E-state index in [9.17, 15) is 9.59 Å². The second kappa shape index (κ2) is 6.29. The lowest BCUT2D eigenvalue weighted by molar-refractivity contribution is -0.116. The summed E-state index contributed by atoms with van der Waals surface area (Å²) in [5.74, 6) is -0.181. The van der Waals surface area contributed by atoms with Crippen LogP contribution in [0.5, 0.6) is 0 Å². The molecule has 112 valence electrons. The molecule has 0 aliphatic rings. The molecule has 3 aromatic rings. The smallest absolute Gasteiger partial charge is 0.262 e. The van der Waals surface area contributed by atoms with Crippen molar-refractivity contribution in [1.29, 1.82) is 0 Å². The predicted molar refractivity (Wildman–Crippen MR) is 88.6 cm³/mol. The fourth-order valence-electron chi connectivity index (χ4n) is 2.06. The van der Waals surface area contributed by atoms with E-state index in [4.69, 9.17) is 11.6 Å². The lowest BCUT2D eigenvalue weighted by atomic mass is 10.3. The van der Waals surface area contributed by atoms with Gasteiger partial charge in [-0.3, -0.25) is 14.2 Å². The second-order valence-corrected chi connectivity index (χ2v) is 6.02. The Kier molecular flexibility index (Phi) is 4.22. The minimum atomic E-state index is -0.181. The number of thiophene rings is 1. The molecule has 0 saturated carbocycles. The van der Waals surface area contributed by atoms with Crippen LogP contribution in [0.15, 0.2) is 46.8 Å². The van der Waals surface area contributed by atoms with Crippen LogP contribution in [0.2, 0.25) is 5.02 Å². The molecule has 0 bridgehead atoms. The molecule has 0 unspecified atom stereocenters. The summed E-state index contributed by atoms with van der Waals surface area (Å²) in [5, 5.41) is 5.72. The lowest BCUT2D eigenvalue weighted by Gasteiger charge is -2.07. The number of halogens is 1. The molecule has 0 spiro atoms. The van der Waals surface area contributed by atoms with Gasteiger partial charge in [0.25, 0.3) is 5.56 Å². The van der Waals surface area contributed by atoms with Gasteiger partial charge >= 0.3 is 0 Å². The predicted octanol–water partition coefficient (Wildman–Crippen LogP) is 3.14. The van der Waals surface area contributed by atoms with Gasteiger partial charge in [-0.05, 0) is 29.6 Å². The van der Waals surface area contributed by atoms with Gasteiger partial charge in [0.05, 0.1) is 11.7 Å². The molecule has 0 aliphatic carbocycles. The molecule has 22 heavy (non-hydrogen) atoms. The average molecular weight is 334 g/mol. The second-order valence-electron chi connectivity index (χ2n) is 4.69. The minimum absolute atomic E-state index is 0.123. The first-order valence-corrected chi connectivity index (χ1v) is 7.87. The topological polar surface area (TPSA) is 64.0 Å². The van der Waals surface area contributed by atoms with E-state index in [-0.39, 0.29) is 24.4 Å². The van der Waals surface area contributed by atoms with Crippen LogP contribution in [0.1, 0.15) is 6.42 Å². The Morgan fingerprint density at radius 3 is 3.05 bits per heavy atom. The maximum atomic E-state index is 12.2. The van der Waals surface area contributed by atoms with E-state index in [1.165, 1.54) is 22.2 Å². The summed E-state index contributed by atoms with van der Waals surface area (Å²) in [6.07, 6.45) is 1.66. The monoisotopic (exact) mass is 333 g/mol. The summed E-state index contributed by atoms with van der Waals surface area (Å²) >= 11 is 7.28. The van der Waals surface area contributed by atoms with Crippen molar-refractivity contribution in [3.8, 4) is 0 Å². The molecule has 0 radical (unpaired) electrons. The highest BCUT2D eigenvalue weighted by atomic mass is 35.5. The number of hydrogen-bond acceptors (Lipinski definition) is 4. The molecule has 1 amide bonds. The molecule has 2 aromatic heterocycles. The number of amides is 1. The number of aromatic nitrogens is 2. The van der Waals surface area contributed by atoms with Gasteiger partial charge in [0.15, 0.2) is 0 Å². The highest BCUT2D eigenvalue weighted by molar-refractivity contribution is 7.16. The molecule has 3 rings (SSSR count). The van der Waals surface area contributed by atoms with Gasteiger partial charge in [-0.15, -0.1) is 11.3 Å². The van der Waals surface area contributed by atoms with Crippen molar-refractivity contribution in [3.63, 3.8) is 0 Å². The van der Waals surface area contributed by atoms with Crippen LogP contribution in [0.4, 0.5) is 5.69 Å². The number of carbonyl (C=O) groups excluding carboxylic acids is 1. The first kappa shape index (κ1) is 14.7. The minimum Gasteiger partial charge on any atom is -0.326 e. The van der Waals surface area contributed by atoms with Gasteiger partial charge in [-0.1, -0.05) is 17.7 Å². The Hall–Kier alpha value is -2.18. The molecule has 7 heteroatoms.